The van der Waals surface area contributed by atoms with Crippen LogP contribution in [0.2, 0.25) is 0 Å². The van der Waals surface area contributed by atoms with Crippen LogP contribution in [-0.2, 0) is 32.3 Å². The highest BCUT2D eigenvalue weighted by atomic mass is 16.6. The maximum absolute atomic E-state index is 13.9. The number of hydrogen-bond donors (Lipinski definition) is 5. The summed E-state index contributed by atoms with van der Waals surface area (Å²) in [5.74, 6) is -2.04. The zero-order valence-corrected chi connectivity index (χ0v) is 23.5. The second-order valence-corrected chi connectivity index (χ2v) is 9.49. The molecule has 0 unspecified atom stereocenters. The molecule has 11 nitrogen and oxygen atoms in total. The molecule has 0 aliphatic carbocycles. The number of rotatable bonds is 17. The first-order valence-corrected chi connectivity index (χ1v) is 13.6. The number of carbonyl (C=O) groups excluding carboxylic acids is 2. The van der Waals surface area contributed by atoms with Crippen LogP contribution in [0.4, 0.5) is 0 Å². The van der Waals surface area contributed by atoms with E-state index in [1.165, 1.54) is 5.01 Å². The highest BCUT2D eigenvalue weighted by Crippen LogP contribution is 2.27. The van der Waals surface area contributed by atoms with Gasteiger partial charge in [0.2, 0.25) is 11.5 Å². The SMILES string of the molecule is CCCN(CCCCC(C(=O)OCc1ccccc1)(C(=O)OCc1ccccc1)N(CCC)NC(=N)N)C(=N)N. The van der Waals surface area contributed by atoms with Crippen LogP contribution in [0.15, 0.2) is 60.7 Å². The van der Waals surface area contributed by atoms with E-state index in [2.05, 4.69) is 5.43 Å². The molecule has 40 heavy (non-hydrogen) atoms. The molecule has 0 fully saturated rings. The van der Waals surface area contributed by atoms with Gasteiger partial charge in [0.25, 0.3) is 0 Å². The predicted octanol–water partition coefficient (Wildman–Crippen LogP) is 3.10. The number of guanidine groups is 2. The Morgan fingerprint density at radius 2 is 1.30 bits per heavy atom. The first kappa shape index (κ1) is 32.1. The van der Waals surface area contributed by atoms with Crippen LogP contribution >= 0.6 is 0 Å². The van der Waals surface area contributed by atoms with Crippen molar-refractivity contribution < 1.29 is 19.1 Å². The minimum Gasteiger partial charge on any atom is -0.459 e. The number of benzene rings is 2. The molecule has 0 spiro atoms. The zero-order valence-electron chi connectivity index (χ0n) is 23.5. The summed E-state index contributed by atoms with van der Waals surface area (Å²) in [6.45, 7) is 5.15. The average molecular weight is 554 g/mol. The number of nitrogens with one attached hydrogen (secondary N) is 3. The summed E-state index contributed by atoms with van der Waals surface area (Å²) in [4.78, 5) is 29.6. The monoisotopic (exact) mass is 553 g/mol. The van der Waals surface area contributed by atoms with E-state index >= 15 is 0 Å². The molecule has 0 aliphatic heterocycles. The fourth-order valence-corrected chi connectivity index (χ4v) is 4.35. The Labute approximate surface area is 236 Å². The standard InChI is InChI=1S/C29H43N7O4/c1-3-18-35(28(32)33)20-12-11-17-29(36(19-4-2)34-27(30)31,25(37)39-21-23-13-7-5-8-14-23)26(38)40-22-24-15-9-6-10-16-24/h5-10,13-16H,3-4,11-12,17-22H2,1-2H3,(H3,32,33)(H4,30,31,34). The molecule has 11 heteroatoms. The summed E-state index contributed by atoms with van der Waals surface area (Å²) in [6.07, 6.45) is 2.38. The van der Waals surface area contributed by atoms with Crippen molar-refractivity contribution in [2.24, 2.45) is 11.5 Å². The number of esters is 2. The van der Waals surface area contributed by atoms with E-state index in [1.54, 1.807) is 4.90 Å². The van der Waals surface area contributed by atoms with Crippen molar-refractivity contribution in [1.29, 1.82) is 10.8 Å². The fraction of sp³-hybridized carbons (Fsp3) is 0.448. The van der Waals surface area contributed by atoms with Gasteiger partial charge in [-0.15, -0.1) is 0 Å². The van der Waals surface area contributed by atoms with Crippen molar-refractivity contribution >= 4 is 23.9 Å². The van der Waals surface area contributed by atoms with Crippen LogP contribution in [0.1, 0.15) is 57.1 Å². The number of ether oxygens (including phenoxy) is 2. The second-order valence-electron chi connectivity index (χ2n) is 9.49. The first-order chi connectivity index (χ1) is 19.2. The third kappa shape index (κ3) is 9.57. The van der Waals surface area contributed by atoms with Crippen molar-refractivity contribution in [3.63, 3.8) is 0 Å². The lowest BCUT2D eigenvalue weighted by Crippen LogP contribution is -2.67. The molecule has 2 aromatic carbocycles. The van der Waals surface area contributed by atoms with Crippen LogP contribution in [0.5, 0.6) is 0 Å². The zero-order chi connectivity index (χ0) is 29.4. The predicted molar refractivity (Wildman–Crippen MR) is 155 cm³/mol. The van der Waals surface area contributed by atoms with Crippen LogP contribution in [-0.4, -0.2) is 58.9 Å². The lowest BCUT2D eigenvalue weighted by atomic mass is 9.90. The van der Waals surface area contributed by atoms with Crippen LogP contribution < -0.4 is 16.9 Å². The molecule has 0 aromatic heterocycles. The molecule has 0 saturated heterocycles. The molecule has 7 N–H and O–H groups in total. The Hall–Kier alpha value is -4.12. The number of carbonyl (C=O) groups is 2. The van der Waals surface area contributed by atoms with Crippen molar-refractivity contribution in [2.75, 3.05) is 19.6 Å². The van der Waals surface area contributed by atoms with Gasteiger partial charge >= 0.3 is 11.9 Å². The van der Waals surface area contributed by atoms with Crippen LogP contribution in [0, 0.1) is 10.8 Å². The van der Waals surface area contributed by atoms with Crippen molar-refractivity contribution in [3.8, 4) is 0 Å². The smallest absolute Gasteiger partial charge is 0.340 e. The first-order valence-electron chi connectivity index (χ1n) is 13.6. The fourth-order valence-electron chi connectivity index (χ4n) is 4.35. The number of nitrogens with zero attached hydrogens (tertiary/aromatic N) is 2. The molecule has 0 radical (unpaired) electrons. The Balaban J connectivity index is 2.41. The third-order valence-corrected chi connectivity index (χ3v) is 6.32. The van der Waals surface area contributed by atoms with E-state index in [1.807, 2.05) is 74.5 Å². The number of unbranched alkanes of at least 4 members (excludes halogenated alkanes) is 1. The van der Waals surface area contributed by atoms with Crippen LogP contribution in [0.25, 0.3) is 0 Å². The van der Waals surface area contributed by atoms with E-state index < -0.39 is 23.4 Å². The van der Waals surface area contributed by atoms with Crippen molar-refractivity contribution in [3.05, 3.63) is 71.8 Å². The highest BCUT2D eigenvalue weighted by Gasteiger charge is 2.54. The lowest BCUT2D eigenvalue weighted by molar-refractivity contribution is -0.180. The molecular formula is C29H43N7O4. The van der Waals surface area contributed by atoms with E-state index in [0.29, 0.717) is 32.4 Å². The normalized spacial score (nSPS) is 11.1. The number of hydrogen-bond acceptors (Lipinski definition) is 7. The largest absolute Gasteiger partial charge is 0.459 e. The van der Waals surface area contributed by atoms with E-state index in [9.17, 15) is 9.59 Å². The Morgan fingerprint density at radius 3 is 1.73 bits per heavy atom. The molecule has 2 rings (SSSR count). The van der Waals surface area contributed by atoms with Gasteiger partial charge in [-0.1, -0.05) is 74.5 Å². The summed E-state index contributed by atoms with van der Waals surface area (Å²) < 4.78 is 11.5. The highest BCUT2D eigenvalue weighted by molar-refractivity contribution is 6.05. The summed E-state index contributed by atoms with van der Waals surface area (Å²) in [5, 5.41) is 17.1. The molecule has 0 aliphatic rings. The maximum atomic E-state index is 13.9. The molecule has 2 aromatic rings. The Morgan fingerprint density at radius 1 is 0.800 bits per heavy atom. The summed E-state index contributed by atoms with van der Waals surface area (Å²) in [6, 6.07) is 18.4. The molecule has 0 heterocycles. The average Bonchev–Trinajstić information content (AvgIpc) is 2.94. The number of nitrogens with two attached hydrogens (primary N) is 2. The molecule has 0 atom stereocenters. The molecule has 0 saturated carbocycles. The summed E-state index contributed by atoms with van der Waals surface area (Å²) in [5.41, 5.74) is 13.7. The van der Waals surface area contributed by atoms with Gasteiger partial charge in [0.15, 0.2) is 5.96 Å². The summed E-state index contributed by atoms with van der Waals surface area (Å²) in [7, 11) is 0. The van der Waals surface area contributed by atoms with Gasteiger partial charge in [0.05, 0.1) is 0 Å². The van der Waals surface area contributed by atoms with Gasteiger partial charge in [-0.2, -0.15) is 5.01 Å². The van der Waals surface area contributed by atoms with Gasteiger partial charge in [-0.3, -0.25) is 16.2 Å². The number of hydrazine groups is 1. The van der Waals surface area contributed by atoms with Crippen LogP contribution in [0.3, 0.4) is 0 Å². The second kappa shape index (κ2) is 16.8. The third-order valence-electron chi connectivity index (χ3n) is 6.32. The van der Waals surface area contributed by atoms with Crippen molar-refractivity contribution in [1.82, 2.24) is 15.3 Å². The quantitative estimate of drug-likeness (QED) is 0.0493. The van der Waals surface area contributed by atoms with E-state index in [4.69, 9.17) is 31.8 Å². The van der Waals surface area contributed by atoms with Crippen molar-refractivity contribution in [2.45, 2.75) is 64.7 Å². The molecular weight excluding hydrogens is 510 g/mol. The molecule has 0 amide bonds. The van der Waals surface area contributed by atoms with E-state index in [-0.39, 0.29) is 32.1 Å². The van der Waals surface area contributed by atoms with Gasteiger partial charge in [-0.05, 0) is 43.2 Å². The van der Waals surface area contributed by atoms with Gasteiger partial charge in [-0.25, -0.2) is 9.59 Å². The maximum Gasteiger partial charge on any atom is 0.340 e. The molecule has 218 valence electrons. The minimum absolute atomic E-state index is 0.0245. The van der Waals surface area contributed by atoms with Gasteiger partial charge < -0.3 is 25.8 Å². The topological polar surface area (TPSA) is 171 Å². The van der Waals surface area contributed by atoms with E-state index in [0.717, 1.165) is 17.5 Å². The lowest BCUT2D eigenvalue weighted by Gasteiger charge is -2.39. The summed E-state index contributed by atoms with van der Waals surface area (Å²) >= 11 is 0. The minimum atomic E-state index is -1.92. The molecule has 0 bridgehead atoms. The Kier molecular flexibility index (Phi) is 13.4. The Bertz CT molecular complexity index is 1030. The van der Waals surface area contributed by atoms with Gasteiger partial charge in [0, 0.05) is 19.6 Å². The van der Waals surface area contributed by atoms with Gasteiger partial charge in [0.1, 0.15) is 13.2 Å².